The molecule has 4 aromatic rings. The predicted octanol–water partition coefficient (Wildman–Crippen LogP) is 3.84. The number of nitrogens with one attached hydrogen (secondary N) is 2. The summed E-state index contributed by atoms with van der Waals surface area (Å²) in [6.07, 6.45) is 6.06. The van der Waals surface area contributed by atoms with Crippen LogP contribution in [0.15, 0.2) is 71.8 Å². The number of methoxy groups -OCH3 is 1. The van der Waals surface area contributed by atoms with Gasteiger partial charge >= 0.3 is 12.1 Å². The number of para-hydroxylation sites is 2. The maximum atomic E-state index is 13.5. The maximum Gasteiger partial charge on any atom is 0.412 e. The maximum absolute atomic E-state index is 13.5. The molecular weight excluding hydrogens is 610 g/mol. The molecule has 232 valence electrons. The summed E-state index contributed by atoms with van der Waals surface area (Å²) in [7, 11) is -2.87. The number of hydrogen-bond acceptors (Lipinski definition) is 13. The van der Waals surface area contributed by atoms with Gasteiger partial charge in [0.25, 0.3) is 15.9 Å². The highest BCUT2D eigenvalue weighted by Crippen LogP contribution is 2.42. The largest absolute Gasteiger partial charge is 0.493 e. The van der Waals surface area contributed by atoms with Crippen LogP contribution in [0.25, 0.3) is 0 Å². The van der Waals surface area contributed by atoms with E-state index >= 15 is 0 Å². The fraction of sp³-hybridized carbons (Fsp3) is 0.172. The Hall–Kier alpha value is -5.95. The summed E-state index contributed by atoms with van der Waals surface area (Å²) >= 11 is 0. The number of carbonyl (C=O) groups is 1. The Labute approximate surface area is 257 Å². The van der Waals surface area contributed by atoms with Gasteiger partial charge < -0.3 is 33.2 Å². The number of rotatable bonds is 13. The van der Waals surface area contributed by atoms with Crippen molar-refractivity contribution in [3.8, 4) is 53.0 Å². The quantitative estimate of drug-likeness (QED) is 0.160. The molecule has 0 atom stereocenters. The van der Waals surface area contributed by atoms with E-state index in [9.17, 15) is 13.2 Å². The van der Waals surface area contributed by atoms with E-state index in [0.717, 1.165) is 0 Å². The van der Waals surface area contributed by atoms with Crippen molar-refractivity contribution in [3.63, 3.8) is 0 Å². The molecule has 5 rings (SSSR count). The van der Waals surface area contributed by atoms with Crippen LogP contribution in [0.3, 0.4) is 0 Å². The molecule has 0 unspecified atom stereocenters. The number of pyridine rings is 1. The summed E-state index contributed by atoms with van der Waals surface area (Å²) in [5.74, 6) is 2.84. The number of terminal acetylenes is 1. The molecule has 16 heteroatoms. The number of aromatic nitrogens is 3. The average molecular weight is 636 g/mol. The molecule has 2 aromatic heterocycles. The predicted molar refractivity (Wildman–Crippen MR) is 158 cm³/mol. The fourth-order valence-electron chi connectivity index (χ4n) is 3.73. The Kier molecular flexibility index (Phi) is 9.50. The van der Waals surface area contributed by atoms with Gasteiger partial charge in [-0.15, -0.1) is 6.42 Å². The van der Waals surface area contributed by atoms with Crippen molar-refractivity contribution in [2.75, 3.05) is 43.8 Å². The molecule has 0 saturated carbocycles. The van der Waals surface area contributed by atoms with Gasteiger partial charge in [0.05, 0.1) is 12.0 Å². The van der Waals surface area contributed by atoms with Gasteiger partial charge in [-0.25, -0.2) is 18.2 Å². The van der Waals surface area contributed by atoms with Crippen LogP contribution in [0.5, 0.6) is 40.6 Å². The summed E-state index contributed by atoms with van der Waals surface area (Å²) < 4.78 is 67.8. The molecular formula is C29H25N5O10S. The number of benzene rings is 2. The number of fused-ring (bicyclic) bond motifs is 1. The SMILES string of the molecule is C#CCOc1nc(NS(=O)(=O)c2ccc3c(c2)OCO3)c(Oc2ccccc2OC)c(OCCOC(=O)Nc2ccccn2)n1. The lowest BCUT2D eigenvalue weighted by molar-refractivity contribution is 0.134. The summed E-state index contributed by atoms with van der Waals surface area (Å²) in [5.41, 5.74) is 0. The van der Waals surface area contributed by atoms with Crippen molar-refractivity contribution in [3.05, 3.63) is 66.9 Å². The summed E-state index contributed by atoms with van der Waals surface area (Å²) in [6, 6.07) is 15.3. The zero-order valence-corrected chi connectivity index (χ0v) is 24.4. The highest BCUT2D eigenvalue weighted by molar-refractivity contribution is 7.92. The molecule has 1 amide bonds. The van der Waals surface area contributed by atoms with Crippen molar-refractivity contribution in [2.24, 2.45) is 0 Å². The number of anilines is 2. The van der Waals surface area contributed by atoms with E-state index in [-0.39, 0.29) is 66.5 Å². The minimum absolute atomic E-state index is 0.0415. The molecule has 0 fully saturated rings. The Morgan fingerprint density at radius 2 is 1.80 bits per heavy atom. The van der Waals surface area contributed by atoms with Crippen LogP contribution in [0, 0.1) is 12.3 Å². The molecule has 1 aliphatic rings. The van der Waals surface area contributed by atoms with E-state index in [1.54, 1.807) is 42.5 Å². The number of nitrogens with zero attached hydrogens (tertiary/aromatic N) is 3. The van der Waals surface area contributed by atoms with Gasteiger partial charge in [0.2, 0.25) is 12.5 Å². The minimum atomic E-state index is -4.31. The van der Waals surface area contributed by atoms with Crippen molar-refractivity contribution in [1.82, 2.24) is 15.0 Å². The Bertz CT molecular complexity index is 1820. The lowest BCUT2D eigenvalue weighted by Gasteiger charge is -2.18. The van der Waals surface area contributed by atoms with Gasteiger partial charge in [0, 0.05) is 12.3 Å². The van der Waals surface area contributed by atoms with Crippen molar-refractivity contribution >= 4 is 27.8 Å². The van der Waals surface area contributed by atoms with E-state index in [4.69, 9.17) is 39.6 Å². The Balaban J connectivity index is 1.45. The Morgan fingerprint density at radius 1 is 1.00 bits per heavy atom. The highest BCUT2D eigenvalue weighted by atomic mass is 32.2. The van der Waals surface area contributed by atoms with Gasteiger partial charge in [0.15, 0.2) is 35.4 Å². The molecule has 0 radical (unpaired) electrons. The smallest absolute Gasteiger partial charge is 0.412 e. The van der Waals surface area contributed by atoms with Crippen molar-refractivity contribution in [2.45, 2.75) is 4.90 Å². The number of sulfonamides is 1. The second-order valence-corrected chi connectivity index (χ2v) is 10.4. The zero-order chi connectivity index (χ0) is 31.6. The molecule has 2 N–H and O–H groups in total. The molecule has 15 nitrogen and oxygen atoms in total. The first-order chi connectivity index (χ1) is 21.9. The fourth-order valence-corrected chi connectivity index (χ4v) is 4.75. The molecule has 0 spiro atoms. The topological polar surface area (TPSA) is 179 Å². The highest BCUT2D eigenvalue weighted by Gasteiger charge is 2.27. The standard InChI is InChI=1S/C29H25N5O10S/c1-3-14-40-28-32-26(34-45(36,37)19-11-12-21-23(17-19)43-18-42-21)25(44-22-9-5-4-8-20(22)38-2)27(33-28)39-15-16-41-29(35)31-24-10-6-7-13-30-24/h1,4-13,17H,14-16,18H2,2H3,(H,30,31,35)(H,32,33,34). The van der Waals surface area contributed by atoms with Crippen molar-refractivity contribution in [1.29, 1.82) is 0 Å². The first-order valence-electron chi connectivity index (χ1n) is 13.1. The van der Waals surface area contributed by atoms with Gasteiger partial charge in [-0.05, 0) is 36.4 Å². The van der Waals surface area contributed by atoms with E-state index in [2.05, 4.69) is 30.9 Å². The van der Waals surface area contributed by atoms with E-state index in [1.165, 1.54) is 31.5 Å². The number of carbonyl (C=O) groups excluding carboxylic acids is 1. The number of amides is 1. The molecule has 2 aromatic carbocycles. The van der Waals surface area contributed by atoms with Crippen molar-refractivity contribution < 1.29 is 46.4 Å². The van der Waals surface area contributed by atoms with E-state index in [1.807, 2.05) is 0 Å². The molecule has 3 heterocycles. The summed E-state index contributed by atoms with van der Waals surface area (Å²) in [6.45, 7) is -0.759. The lowest BCUT2D eigenvalue weighted by Crippen LogP contribution is -2.19. The van der Waals surface area contributed by atoms with Crippen LogP contribution in [0.2, 0.25) is 0 Å². The molecule has 0 aliphatic carbocycles. The third-order valence-electron chi connectivity index (χ3n) is 5.72. The van der Waals surface area contributed by atoms with Gasteiger partial charge in [-0.3, -0.25) is 10.0 Å². The van der Waals surface area contributed by atoms with Gasteiger partial charge in [0.1, 0.15) is 19.0 Å². The minimum Gasteiger partial charge on any atom is -0.493 e. The van der Waals surface area contributed by atoms with E-state index in [0.29, 0.717) is 17.3 Å². The second-order valence-electron chi connectivity index (χ2n) is 8.68. The van der Waals surface area contributed by atoms with Crippen LogP contribution in [0.1, 0.15) is 0 Å². The molecule has 0 bridgehead atoms. The molecule has 0 saturated heterocycles. The second kappa shape index (κ2) is 14.0. The zero-order valence-electron chi connectivity index (χ0n) is 23.6. The summed E-state index contributed by atoms with van der Waals surface area (Å²) in [4.78, 5) is 24.4. The third kappa shape index (κ3) is 7.72. The van der Waals surface area contributed by atoms with Crippen LogP contribution < -0.4 is 38.5 Å². The number of ether oxygens (including phenoxy) is 7. The van der Waals surface area contributed by atoms with Crippen LogP contribution in [0.4, 0.5) is 16.4 Å². The molecule has 45 heavy (non-hydrogen) atoms. The number of hydrogen-bond donors (Lipinski definition) is 2. The van der Waals surface area contributed by atoms with Gasteiger partial charge in [-0.1, -0.05) is 24.1 Å². The first kappa shape index (κ1) is 30.5. The first-order valence-corrected chi connectivity index (χ1v) is 14.5. The molecule has 1 aliphatic heterocycles. The third-order valence-corrected chi connectivity index (χ3v) is 7.05. The van der Waals surface area contributed by atoms with Gasteiger partial charge in [-0.2, -0.15) is 9.97 Å². The summed E-state index contributed by atoms with van der Waals surface area (Å²) in [5, 5.41) is 2.47. The normalized spacial score (nSPS) is 11.6. The van der Waals surface area contributed by atoms with E-state index < -0.39 is 16.1 Å². The average Bonchev–Trinajstić information content (AvgIpc) is 3.52. The Morgan fingerprint density at radius 3 is 2.58 bits per heavy atom. The lowest BCUT2D eigenvalue weighted by atomic mass is 10.3. The van der Waals surface area contributed by atoms with Crippen LogP contribution >= 0.6 is 0 Å². The van der Waals surface area contributed by atoms with Crippen LogP contribution in [-0.2, 0) is 14.8 Å². The monoisotopic (exact) mass is 635 g/mol. The van der Waals surface area contributed by atoms with Crippen LogP contribution in [-0.4, -0.2) is 63.2 Å².